The highest BCUT2D eigenvalue weighted by atomic mass is 16.2. The highest BCUT2D eigenvalue weighted by Crippen LogP contribution is 2.27. The van der Waals surface area contributed by atoms with Gasteiger partial charge in [0.1, 0.15) is 0 Å². The van der Waals surface area contributed by atoms with Gasteiger partial charge in [0.25, 0.3) is 0 Å². The lowest BCUT2D eigenvalue weighted by atomic mass is 9.92. The average molecular weight is 246 g/mol. The molecule has 1 saturated heterocycles. The van der Waals surface area contributed by atoms with Crippen molar-refractivity contribution in [1.82, 2.24) is 10.2 Å². The fourth-order valence-electron chi connectivity index (χ4n) is 2.57. The summed E-state index contributed by atoms with van der Waals surface area (Å²) < 4.78 is 0. The van der Waals surface area contributed by atoms with Crippen LogP contribution in [0.2, 0.25) is 0 Å². The van der Waals surface area contributed by atoms with Crippen LogP contribution in [0, 0.1) is 5.41 Å². The largest absolute Gasteiger partial charge is 0.328 e. The second-order valence-corrected chi connectivity index (χ2v) is 6.13. The van der Waals surface area contributed by atoms with Crippen molar-refractivity contribution in [2.75, 3.05) is 7.05 Å². The molecule has 0 aliphatic carbocycles. The number of benzene rings is 1. The van der Waals surface area contributed by atoms with Crippen LogP contribution in [0.3, 0.4) is 0 Å². The molecule has 1 heterocycles. The second-order valence-electron chi connectivity index (χ2n) is 6.13. The van der Waals surface area contributed by atoms with Gasteiger partial charge in [-0.2, -0.15) is 0 Å². The second kappa shape index (κ2) is 4.73. The van der Waals surface area contributed by atoms with Crippen molar-refractivity contribution < 1.29 is 4.79 Å². The summed E-state index contributed by atoms with van der Waals surface area (Å²) in [5, 5.41) is 3.46. The molecule has 1 amide bonds. The van der Waals surface area contributed by atoms with Crippen molar-refractivity contribution in [2.45, 2.75) is 39.4 Å². The van der Waals surface area contributed by atoms with Crippen molar-refractivity contribution in [3.63, 3.8) is 0 Å². The molecule has 3 heteroatoms. The maximum Gasteiger partial charge on any atom is 0.241 e. The highest BCUT2D eigenvalue weighted by Gasteiger charge is 2.41. The van der Waals surface area contributed by atoms with Gasteiger partial charge in [-0.25, -0.2) is 0 Å². The maximum absolute atomic E-state index is 12.2. The molecule has 1 aliphatic rings. The zero-order valence-electron chi connectivity index (χ0n) is 11.6. The monoisotopic (exact) mass is 246 g/mol. The Labute approximate surface area is 109 Å². The van der Waals surface area contributed by atoms with E-state index in [1.807, 2.05) is 30.1 Å². The SMILES string of the molecule is CN1C(=O)[C@@H](Cc2ccccc2)N[C@@H]1C(C)(C)C. The van der Waals surface area contributed by atoms with Crippen LogP contribution in [0.25, 0.3) is 0 Å². The van der Waals surface area contributed by atoms with Crippen molar-refractivity contribution in [2.24, 2.45) is 5.41 Å². The summed E-state index contributed by atoms with van der Waals surface area (Å²) in [7, 11) is 1.89. The lowest BCUT2D eigenvalue weighted by Gasteiger charge is -2.32. The van der Waals surface area contributed by atoms with Gasteiger partial charge in [-0.15, -0.1) is 0 Å². The minimum Gasteiger partial charge on any atom is -0.328 e. The third kappa shape index (κ3) is 2.56. The summed E-state index contributed by atoms with van der Waals surface area (Å²) >= 11 is 0. The molecule has 0 saturated carbocycles. The van der Waals surface area contributed by atoms with E-state index in [0.717, 1.165) is 6.42 Å². The Morgan fingerprint density at radius 3 is 2.33 bits per heavy atom. The molecule has 1 aromatic rings. The Balaban J connectivity index is 2.10. The topological polar surface area (TPSA) is 32.3 Å². The third-order valence-electron chi connectivity index (χ3n) is 3.50. The summed E-state index contributed by atoms with van der Waals surface area (Å²) in [6, 6.07) is 10.1. The van der Waals surface area contributed by atoms with Crippen LogP contribution >= 0.6 is 0 Å². The predicted molar refractivity (Wildman–Crippen MR) is 73.1 cm³/mol. The summed E-state index contributed by atoms with van der Waals surface area (Å²) in [6.07, 6.45) is 0.870. The van der Waals surface area contributed by atoms with Crippen molar-refractivity contribution >= 4 is 5.91 Å². The molecule has 2 rings (SSSR count). The molecule has 1 aliphatic heterocycles. The molecule has 0 aromatic heterocycles. The Bertz CT molecular complexity index is 422. The molecule has 98 valence electrons. The molecule has 0 unspecified atom stereocenters. The Morgan fingerprint density at radius 2 is 1.83 bits per heavy atom. The third-order valence-corrected chi connectivity index (χ3v) is 3.50. The first kappa shape index (κ1) is 13.1. The van der Waals surface area contributed by atoms with E-state index in [1.165, 1.54) is 5.56 Å². The Morgan fingerprint density at radius 1 is 1.22 bits per heavy atom. The van der Waals surface area contributed by atoms with Gasteiger partial charge in [0.15, 0.2) is 0 Å². The van der Waals surface area contributed by atoms with E-state index in [2.05, 4.69) is 38.2 Å². The lowest BCUT2D eigenvalue weighted by Crippen LogP contribution is -2.45. The first-order valence-corrected chi connectivity index (χ1v) is 6.46. The van der Waals surface area contributed by atoms with Gasteiger partial charge in [-0.05, 0) is 17.4 Å². The average Bonchev–Trinajstić information content (AvgIpc) is 2.58. The summed E-state index contributed by atoms with van der Waals surface area (Å²) in [4.78, 5) is 14.1. The van der Waals surface area contributed by atoms with Crippen LogP contribution in [-0.4, -0.2) is 30.1 Å². The lowest BCUT2D eigenvalue weighted by molar-refractivity contribution is -0.129. The molecule has 0 spiro atoms. The maximum atomic E-state index is 12.2. The predicted octanol–water partition coefficient (Wildman–Crippen LogP) is 2.03. The number of nitrogens with one attached hydrogen (secondary N) is 1. The van der Waals surface area contributed by atoms with Gasteiger partial charge in [-0.3, -0.25) is 10.1 Å². The number of carbonyl (C=O) groups excluding carboxylic acids is 1. The van der Waals surface area contributed by atoms with E-state index in [4.69, 9.17) is 0 Å². The van der Waals surface area contributed by atoms with E-state index in [0.29, 0.717) is 0 Å². The van der Waals surface area contributed by atoms with Crippen LogP contribution in [0.5, 0.6) is 0 Å². The number of nitrogens with zero attached hydrogens (tertiary/aromatic N) is 1. The standard InChI is InChI=1S/C15H22N2O/c1-15(2,3)14-16-12(13(18)17(14)4)10-11-8-6-5-7-9-11/h5-9,12,14,16H,10H2,1-4H3/t12-,14+/m1/s1. The van der Waals surface area contributed by atoms with Crippen LogP contribution in [-0.2, 0) is 11.2 Å². The number of carbonyl (C=O) groups is 1. The smallest absolute Gasteiger partial charge is 0.241 e. The molecule has 1 fully saturated rings. The van der Waals surface area contributed by atoms with Crippen LogP contribution < -0.4 is 5.32 Å². The molecule has 1 N–H and O–H groups in total. The van der Waals surface area contributed by atoms with Crippen molar-refractivity contribution in [3.8, 4) is 0 Å². The summed E-state index contributed by atoms with van der Waals surface area (Å²) in [6.45, 7) is 6.46. The number of hydrogen-bond acceptors (Lipinski definition) is 2. The fourth-order valence-corrected chi connectivity index (χ4v) is 2.57. The minimum absolute atomic E-state index is 0.0514. The zero-order chi connectivity index (χ0) is 13.3. The van der Waals surface area contributed by atoms with Crippen LogP contribution in [0.15, 0.2) is 30.3 Å². The van der Waals surface area contributed by atoms with Crippen molar-refractivity contribution in [1.29, 1.82) is 0 Å². The van der Waals surface area contributed by atoms with Crippen LogP contribution in [0.4, 0.5) is 0 Å². The normalized spacial score (nSPS) is 24.7. The van der Waals surface area contributed by atoms with E-state index in [9.17, 15) is 4.79 Å². The molecular weight excluding hydrogens is 224 g/mol. The van der Waals surface area contributed by atoms with Gasteiger partial charge < -0.3 is 4.90 Å². The van der Waals surface area contributed by atoms with Gasteiger partial charge in [0, 0.05) is 7.05 Å². The highest BCUT2D eigenvalue weighted by molar-refractivity contribution is 5.84. The number of hydrogen-bond donors (Lipinski definition) is 1. The molecule has 3 nitrogen and oxygen atoms in total. The fraction of sp³-hybridized carbons (Fsp3) is 0.533. The van der Waals surface area contributed by atoms with E-state index < -0.39 is 0 Å². The Hall–Kier alpha value is -1.35. The van der Waals surface area contributed by atoms with E-state index in [-0.39, 0.29) is 23.5 Å². The molecule has 0 radical (unpaired) electrons. The Kier molecular flexibility index (Phi) is 3.44. The van der Waals surface area contributed by atoms with Crippen LogP contribution in [0.1, 0.15) is 26.3 Å². The first-order chi connectivity index (χ1) is 8.39. The van der Waals surface area contributed by atoms with Gasteiger partial charge in [0.2, 0.25) is 5.91 Å². The number of rotatable bonds is 2. The summed E-state index contributed by atoms with van der Waals surface area (Å²) in [5.41, 5.74) is 1.25. The zero-order valence-corrected chi connectivity index (χ0v) is 11.6. The summed E-state index contributed by atoms with van der Waals surface area (Å²) in [5.74, 6) is 0.193. The minimum atomic E-state index is -0.0957. The van der Waals surface area contributed by atoms with Crippen molar-refractivity contribution in [3.05, 3.63) is 35.9 Å². The quantitative estimate of drug-likeness (QED) is 0.866. The molecule has 2 atom stereocenters. The number of amides is 1. The first-order valence-electron chi connectivity index (χ1n) is 6.46. The van der Waals surface area contributed by atoms with E-state index in [1.54, 1.807) is 0 Å². The number of likely N-dealkylation sites (N-methyl/N-ethyl adjacent to an activating group) is 1. The molecule has 0 bridgehead atoms. The van der Waals surface area contributed by atoms with Gasteiger partial charge in [-0.1, -0.05) is 51.1 Å². The molecular formula is C15H22N2O. The van der Waals surface area contributed by atoms with E-state index >= 15 is 0 Å². The molecule has 1 aromatic carbocycles. The van der Waals surface area contributed by atoms with Gasteiger partial charge >= 0.3 is 0 Å². The van der Waals surface area contributed by atoms with Gasteiger partial charge in [0.05, 0.1) is 12.2 Å². The molecule has 18 heavy (non-hydrogen) atoms.